The van der Waals surface area contributed by atoms with Gasteiger partial charge in [-0.05, 0) is 43.5 Å². The van der Waals surface area contributed by atoms with Crippen molar-refractivity contribution in [2.75, 3.05) is 0 Å². The lowest BCUT2D eigenvalue weighted by Gasteiger charge is -2.23. The average molecular weight is 273 g/mol. The number of carboxylic acids is 1. The first kappa shape index (κ1) is 12.7. The van der Waals surface area contributed by atoms with E-state index >= 15 is 0 Å². The topological polar surface area (TPSA) is 72.4 Å². The second kappa shape index (κ2) is 4.67. The van der Waals surface area contributed by atoms with Crippen LogP contribution in [0.15, 0.2) is 28.9 Å². The Morgan fingerprint density at radius 3 is 2.80 bits per heavy atom. The molecule has 0 saturated carbocycles. The van der Waals surface area contributed by atoms with Crippen molar-refractivity contribution in [1.82, 2.24) is 4.57 Å². The lowest BCUT2D eigenvalue weighted by Crippen LogP contribution is -2.23. The van der Waals surface area contributed by atoms with E-state index in [1.807, 2.05) is 11.5 Å². The highest BCUT2D eigenvalue weighted by Gasteiger charge is 2.30. The Morgan fingerprint density at radius 1 is 1.35 bits per heavy atom. The maximum atomic E-state index is 12.5. The number of furan rings is 1. The molecule has 0 aliphatic carbocycles. The first-order valence-corrected chi connectivity index (χ1v) is 6.60. The van der Waals surface area contributed by atoms with Crippen molar-refractivity contribution in [3.05, 3.63) is 47.2 Å². The molecule has 1 N–H and O–H groups in total. The van der Waals surface area contributed by atoms with Crippen LogP contribution in [0.2, 0.25) is 0 Å². The summed E-state index contributed by atoms with van der Waals surface area (Å²) in [5.74, 6) is -1.23. The predicted molar refractivity (Wildman–Crippen MR) is 70.9 cm³/mol. The highest BCUT2D eigenvalue weighted by Crippen LogP contribution is 2.30. The fourth-order valence-electron chi connectivity index (χ4n) is 2.81. The smallest absolute Gasteiger partial charge is 0.312 e. The molecule has 104 valence electrons. The fraction of sp³-hybridized carbons (Fsp3) is 0.333. The summed E-state index contributed by atoms with van der Waals surface area (Å²) in [7, 11) is 0. The van der Waals surface area contributed by atoms with Crippen LogP contribution in [0.3, 0.4) is 0 Å². The molecule has 0 bridgehead atoms. The Balaban J connectivity index is 2.03. The summed E-state index contributed by atoms with van der Waals surface area (Å²) in [6.45, 7) is 2.49. The van der Waals surface area contributed by atoms with Crippen molar-refractivity contribution in [3.63, 3.8) is 0 Å². The van der Waals surface area contributed by atoms with Gasteiger partial charge in [-0.15, -0.1) is 0 Å². The molecule has 0 aromatic carbocycles. The van der Waals surface area contributed by atoms with Crippen LogP contribution in [0.25, 0.3) is 0 Å². The molecule has 3 heterocycles. The maximum absolute atomic E-state index is 12.5. The minimum Gasteiger partial charge on any atom is -0.481 e. The first-order chi connectivity index (χ1) is 9.59. The zero-order valence-electron chi connectivity index (χ0n) is 11.1. The molecule has 5 nitrogen and oxygen atoms in total. The van der Waals surface area contributed by atoms with E-state index < -0.39 is 11.9 Å². The van der Waals surface area contributed by atoms with Crippen LogP contribution < -0.4 is 0 Å². The van der Waals surface area contributed by atoms with E-state index in [2.05, 4.69) is 0 Å². The Kier molecular flexibility index (Phi) is 2.97. The quantitative estimate of drug-likeness (QED) is 0.872. The second-order valence-electron chi connectivity index (χ2n) is 5.09. The monoisotopic (exact) mass is 273 g/mol. The predicted octanol–water partition coefficient (Wildman–Crippen LogP) is 2.58. The van der Waals surface area contributed by atoms with E-state index in [-0.39, 0.29) is 5.78 Å². The minimum atomic E-state index is -0.836. The molecule has 20 heavy (non-hydrogen) atoms. The van der Waals surface area contributed by atoms with Crippen molar-refractivity contribution in [2.45, 2.75) is 32.2 Å². The number of ketones is 1. The van der Waals surface area contributed by atoms with Crippen LogP contribution >= 0.6 is 0 Å². The number of aliphatic carboxylic acids is 1. The van der Waals surface area contributed by atoms with Gasteiger partial charge >= 0.3 is 5.97 Å². The third-order valence-corrected chi connectivity index (χ3v) is 3.85. The normalized spacial score (nSPS) is 17.8. The molecule has 2 aromatic rings. The van der Waals surface area contributed by atoms with Gasteiger partial charge in [0, 0.05) is 12.2 Å². The molecule has 1 aliphatic rings. The van der Waals surface area contributed by atoms with E-state index in [0.29, 0.717) is 30.1 Å². The summed E-state index contributed by atoms with van der Waals surface area (Å²) >= 11 is 0. The van der Waals surface area contributed by atoms with Crippen LogP contribution in [-0.4, -0.2) is 21.4 Å². The van der Waals surface area contributed by atoms with Gasteiger partial charge in [-0.25, -0.2) is 0 Å². The lowest BCUT2D eigenvalue weighted by molar-refractivity contribution is -0.139. The van der Waals surface area contributed by atoms with Gasteiger partial charge in [0.05, 0.1) is 17.9 Å². The van der Waals surface area contributed by atoms with Crippen molar-refractivity contribution in [1.29, 1.82) is 0 Å². The Labute approximate surface area is 115 Å². The van der Waals surface area contributed by atoms with E-state index in [4.69, 9.17) is 4.42 Å². The Morgan fingerprint density at radius 2 is 2.15 bits per heavy atom. The number of nitrogens with zero attached hydrogens (tertiary/aromatic N) is 1. The largest absolute Gasteiger partial charge is 0.481 e. The van der Waals surface area contributed by atoms with Crippen LogP contribution in [0.4, 0.5) is 0 Å². The number of carbonyl (C=O) groups is 2. The molecule has 1 unspecified atom stereocenters. The Hall–Kier alpha value is -2.30. The molecule has 3 rings (SSSR count). The van der Waals surface area contributed by atoms with E-state index in [1.165, 1.54) is 6.26 Å². The molecule has 0 spiro atoms. The summed E-state index contributed by atoms with van der Waals surface area (Å²) < 4.78 is 7.05. The first-order valence-electron chi connectivity index (χ1n) is 6.60. The average Bonchev–Trinajstić information content (AvgIpc) is 3.03. The molecule has 0 radical (unpaired) electrons. The van der Waals surface area contributed by atoms with Crippen LogP contribution in [-0.2, 0) is 11.3 Å². The van der Waals surface area contributed by atoms with E-state index in [0.717, 1.165) is 12.0 Å². The van der Waals surface area contributed by atoms with Gasteiger partial charge in [-0.3, -0.25) is 9.59 Å². The van der Waals surface area contributed by atoms with Gasteiger partial charge in [0.1, 0.15) is 0 Å². The molecule has 0 fully saturated rings. The molecule has 1 aliphatic heterocycles. The highest BCUT2D eigenvalue weighted by molar-refractivity contribution is 6.07. The standard InChI is InChI=1S/C15H15NO4/c1-9-6-8-20-14(9)13(17)12-5-4-11-10(15(18)19)3-2-7-16(11)12/h4-6,8,10H,2-3,7H2,1H3,(H,18,19). The summed E-state index contributed by atoms with van der Waals surface area (Å²) in [5.41, 5.74) is 2.00. The fourth-order valence-corrected chi connectivity index (χ4v) is 2.81. The van der Waals surface area contributed by atoms with Gasteiger partial charge in [0.2, 0.25) is 5.78 Å². The van der Waals surface area contributed by atoms with Gasteiger partial charge in [-0.1, -0.05) is 0 Å². The zero-order chi connectivity index (χ0) is 14.3. The van der Waals surface area contributed by atoms with Crippen LogP contribution in [0.5, 0.6) is 0 Å². The van der Waals surface area contributed by atoms with Crippen molar-refractivity contribution < 1.29 is 19.1 Å². The lowest BCUT2D eigenvalue weighted by atomic mass is 9.96. The van der Waals surface area contributed by atoms with Crippen LogP contribution in [0, 0.1) is 6.92 Å². The number of aryl methyl sites for hydroxylation is 1. The summed E-state index contributed by atoms with van der Waals surface area (Å²) in [4.78, 5) is 23.7. The minimum absolute atomic E-state index is 0.190. The van der Waals surface area contributed by atoms with Crippen molar-refractivity contribution in [3.8, 4) is 0 Å². The summed E-state index contributed by atoms with van der Waals surface area (Å²) in [5, 5.41) is 9.24. The number of rotatable bonds is 3. The van der Waals surface area contributed by atoms with Gasteiger partial charge in [0.25, 0.3) is 0 Å². The van der Waals surface area contributed by atoms with Crippen LogP contribution in [0.1, 0.15) is 46.3 Å². The number of aromatic nitrogens is 1. The molecule has 0 amide bonds. The van der Waals surface area contributed by atoms with Gasteiger partial charge in [0.15, 0.2) is 5.76 Å². The van der Waals surface area contributed by atoms with E-state index in [9.17, 15) is 14.7 Å². The van der Waals surface area contributed by atoms with Crippen molar-refractivity contribution >= 4 is 11.8 Å². The van der Waals surface area contributed by atoms with Gasteiger partial charge in [-0.2, -0.15) is 0 Å². The molecular formula is C15H15NO4. The summed E-state index contributed by atoms with van der Waals surface area (Å²) in [6.07, 6.45) is 2.87. The third-order valence-electron chi connectivity index (χ3n) is 3.85. The number of fused-ring (bicyclic) bond motifs is 1. The highest BCUT2D eigenvalue weighted by atomic mass is 16.4. The molecule has 0 saturated heterocycles. The SMILES string of the molecule is Cc1ccoc1C(=O)c1ccc2n1CCCC2C(=O)O. The zero-order valence-corrected chi connectivity index (χ0v) is 11.1. The number of hydrogen-bond acceptors (Lipinski definition) is 3. The maximum Gasteiger partial charge on any atom is 0.312 e. The number of carbonyl (C=O) groups excluding carboxylic acids is 1. The Bertz CT molecular complexity index is 680. The number of carboxylic acid groups (broad SMARTS) is 1. The van der Waals surface area contributed by atoms with Crippen molar-refractivity contribution in [2.24, 2.45) is 0 Å². The molecule has 5 heteroatoms. The third kappa shape index (κ3) is 1.86. The van der Waals surface area contributed by atoms with Gasteiger partial charge < -0.3 is 14.1 Å². The molecular weight excluding hydrogens is 258 g/mol. The molecule has 1 atom stereocenters. The number of hydrogen-bond donors (Lipinski definition) is 1. The van der Waals surface area contributed by atoms with E-state index in [1.54, 1.807) is 18.2 Å². The summed E-state index contributed by atoms with van der Waals surface area (Å²) in [6, 6.07) is 5.18. The second-order valence-corrected chi connectivity index (χ2v) is 5.09. The molecule has 2 aromatic heterocycles.